The van der Waals surface area contributed by atoms with Gasteiger partial charge < -0.3 is 5.32 Å². The third-order valence-electron chi connectivity index (χ3n) is 2.75. The summed E-state index contributed by atoms with van der Waals surface area (Å²) in [6.45, 7) is 0.426. The number of hydrogen-bond donors (Lipinski definition) is 2. The fraction of sp³-hybridized carbons (Fsp3) is 0.231. The first kappa shape index (κ1) is 15.5. The van der Waals surface area contributed by atoms with Crippen molar-refractivity contribution in [2.75, 3.05) is 7.05 Å². The van der Waals surface area contributed by atoms with Crippen molar-refractivity contribution in [3.63, 3.8) is 0 Å². The van der Waals surface area contributed by atoms with Crippen LogP contribution in [0.1, 0.15) is 11.3 Å². The van der Waals surface area contributed by atoms with Gasteiger partial charge in [-0.1, -0.05) is 6.07 Å². The minimum Gasteiger partial charge on any atom is -0.316 e. The van der Waals surface area contributed by atoms with Crippen LogP contribution in [0.3, 0.4) is 0 Å². The third-order valence-corrected chi connectivity index (χ3v) is 4.17. The predicted octanol–water partition coefficient (Wildman–Crippen LogP) is 0.814. The molecule has 0 bridgehead atoms. The zero-order valence-corrected chi connectivity index (χ0v) is 12.2. The van der Waals surface area contributed by atoms with Gasteiger partial charge in [0, 0.05) is 12.7 Å². The van der Waals surface area contributed by atoms with E-state index in [0.29, 0.717) is 17.8 Å². The van der Waals surface area contributed by atoms with Gasteiger partial charge in [0.25, 0.3) is 0 Å². The third kappa shape index (κ3) is 4.03. The van der Waals surface area contributed by atoms with E-state index < -0.39 is 15.8 Å². The lowest BCUT2D eigenvalue weighted by Gasteiger charge is -2.09. The van der Waals surface area contributed by atoms with E-state index in [2.05, 4.69) is 20.0 Å². The van der Waals surface area contributed by atoms with Gasteiger partial charge in [0.2, 0.25) is 10.0 Å². The van der Waals surface area contributed by atoms with Crippen molar-refractivity contribution in [2.45, 2.75) is 18.0 Å². The maximum absolute atomic E-state index is 13.8. The number of hydrogen-bond acceptors (Lipinski definition) is 5. The van der Waals surface area contributed by atoms with Crippen molar-refractivity contribution >= 4 is 10.0 Å². The fourth-order valence-corrected chi connectivity index (χ4v) is 2.86. The van der Waals surface area contributed by atoms with E-state index in [9.17, 15) is 12.8 Å². The highest BCUT2D eigenvalue weighted by Crippen LogP contribution is 2.16. The molecule has 2 rings (SSSR count). The van der Waals surface area contributed by atoms with E-state index in [-0.39, 0.29) is 11.4 Å². The van der Waals surface area contributed by atoms with Crippen LogP contribution in [0.25, 0.3) is 0 Å². The highest BCUT2D eigenvalue weighted by atomic mass is 32.2. The van der Waals surface area contributed by atoms with Crippen LogP contribution >= 0.6 is 0 Å². The summed E-state index contributed by atoms with van der Waals surface area (Å²) in [4.78, 5) is 7.27. The minimum atomic E-state index is -3.94. The van der Waals surface area contributed by atoms with Gasteiger partial charge in [-0.05, 0) is 30.8 Å². The normalized spacial score (nSPS) is 11.5. The lowest BCUT2D eigenvalue weighted by atomic mass is 10.2. The Bertz CT molecular complexity index is 707. The predicted molar refractivity (Wildman–Crippen MR) is 75.2 cm³/mol. The molecule has 112 valence electrons. The van der Waals surface area contributed by atoms with Crippen molar-refractivity contribution in [1.29, 1.82) is 0 Å². The molecule has 0 spiro atoms. The molecule has 0 atom stereocenters. The van der Waals surface area contributed by atoms with Crippen molar-refractivity contribution in [3.8, 4) is 0 Å². The summed E-state index contributed by atoms with van der Waals surface area (Å²) in [6.07, 6.45) is 2.82. The summed E-state index contributed by atoms with van der Waals surface area (Å²) < 4.78 is 40.4. The largest absolute Gasteiger partial charge is 0.316 e. The van der Waals surface area contributed by atoms with E-state index in [1.54, 1.807) is 13.1 Å². The van der Waals surface area contributed by atoms with Crippen LogP contribution in [-0.2, 0) is 23.1 Å². The molecule has 1 aromatic carbocycles. The van der Waals surface area contributed by atoms with Crippen LogP contribution in [0.4, 0.5) is 4.39 Å². The van der Waals surface area contributed by atoms with Gasteiger partial charge in [-0.2, -0.15) is 0 Å². The average molecular weight is 310 g/mol. The Labute approximate surface area is 122 Å². The molecule has 0 amide bonds. The standard InChI is InChI=1S/C13H15FN4O2S/c1-15-7-10-2-3-12(14)13(6-10)21(19,20)18-8-11-4-5-16-9-17-11/h2-6,9,15,18H,7-8H2,1H3. The van der Waals surface area contributed by atoms with Crippen LogP contribution in [0.5, 0.6) is 0 Å². The van der Waals surface area contributed by atoms with E-state index in [0.717, 1.165) is 6.07 Å². The number of nitrogens with zero attached hydrogens (tertiary/aromatic N) is 2. The van der Waals surface area contributed by atoms with Gasteiger partial charge in [-0.15, -0.1) is 0 Å². The highest BCUT2D eigenvalue weighted by molar-refractivity contribution is 7.89. The quantitative estimate of drug-likeness (QED) is 0.825. The van der Waals surface area contributed by atoms with Crippen molar-refractivity contribution in [3.05, 3.63) is 53.9 Å². The van der Waals surface area contributed by atoms with Gasteiger partial charge in [-0.3, -0.25) is 0 Å². The van der Waals surface area contributed by atoms with Crippen LogP contribution in [0, 0.1) is 5.82 Å². The van der Waals surface area contributed by atoms with E-state index in [1.807, 2.05) is 0 Å². The van der Waals surface area contributed by atoms with Crippen molar-refractivity contribution in [1.82, 2.24) is 20.0 Å². The lowest BCUT2D eigenvalue weighted by Crippen LogP contribution is -2.25. The Hall–Kier alpha value is -1.90. The molecule has 0 unspecified atom stereocenters. The molecule has 0 saturated heterocycles. The van der Waals surface area contributed by atoms with Gasteiger partial charge in [0.15, 0.2) is 0 Å². The summed E-state index contributed by atoms with van der Waals surface area (Å²) in [5.74, 6) is -0.787. The maximum Gasteiger partial charge on any atom is 0.243 e. The first-order chi connectivity index (χ1) is 10.0. The number of halogens is 1. The monoisotopic (exact) mass is 310 g/mol. The molecular formula is C13H15FN4O2S. The van der Waals surface area contributed by atoms with Crippen LogP contribution < -0.4 is 10.0 Å². The molecule has 21 heavy (non-hydrogen) atoms. The maximum atomic E-state index is 13.8. The number of rotatable bonds is 6. The Morgan fingerprint density at radius 1 is 1.24 bits per heavy atom. The van der Waals surface area contributed by atoms with Crippen LogP contribution in [0.2, 0.25) is 0 Å². The first-order valence-electron chi connectivity index (χ1n) is 6.20. The molecule has 1 aromatic heterocycles. The Balaban J connectivity index is 2.21. The Morgan fingerprint density at radius 3 is 2.71 bits per heavy atom. The topological polar surface area (TPSA) is 84.0 Å². The molecule has 0 fully saturated rings. The van der Waals surface area contributed by atoms with Gasteiger partial charge >= 0.3 is 0 Å². The Kier molecular flexibility index (Phi) is 4.94. The first-order valence-corrected chi connectivity index (χ1v) is 7.69. The molecule has 0 aliphatic rings. The highest BCUT2D eigenvalue weighted by Gasteiger charge is 2.19. The molecule has 0 aliphatic carbocycles. The molecule has 8 heteroatoms. The van der Waals surface area contributed by atoms with E-state index >= 15 is 0 Å². The second-order valence-corrected chi connectivity index (χ2v) is 6.06. The molecule has 1 heterocycles. The SMILES string of the molecule is CNCc1ccc(F)c(S(=O)(=O)NCc2ccncn2)c1. The number of aromatic nitrogens is 2. The molecule has 2 N–H and O–H groups in total. The summed E-state index contributed by atoms with van der Waals surface area (Å²) in [5, 5.41) is 2.89. The molecule has 0 saturated carbocycles. The molecule has 0 radical (unpaired) electrons. The Morgan fingerprint density at radius 2 is 2.05 bits per heavy atom. The summed E-state index contributed by atoms with van der Waals surface area (Å²) in [5.41, 5.74) is 1.18. The zero-order valence-electron chi connectivity index (χ0n) is 11.4. The smallest absolute Gasteiger partial charge is 0.243 e. The van der Waals surface area contributed by atoms with Crippen molar-refractivity contribution in [2.24, 2.45) is 0 Å². The van der Waals surface area contributed by atoms with Crippen LogP contribution in [-0.4, -0.2) is 25.4 Å². The van der Waals surface area contributed by atoms with Gasteiger partial charge in [0.1, 0.15) is 17.0 Å². The van der Waals surface area contributed by atoms with Gasteiger partial charge in [-0.25, -0.2) is 27.5 Å². The van der Waals surface area contributed by atoms with Crippen molar-refractivity contribution < 1.29 is 12.8 Å². The number of benzene rings is 1. The molecule has 6 nitrogen and oxygen atoms in total. The zero-order chi connectivity index (χ0) is 15.3. The molecular weight excluding hydrogens is 295 g/mol. The minimum absolute atomic E-state index is 0.0272. The molecule has 2 aromatic rings. The summed E-state index contributed by atoms with van der Waals surface area (Å²) in [6, 6.07) is 5.58. The van der Waals surface area contributed by atoms with E-state index in [4.69, 9.17) is 0 Å². The number of nitrogens with one attached hydrogen (secondary N) is 2. The lowest BCUT2D eigenvalue weighted by molar-refractivity contribution is 0.555. The second kappa shape index (κ2) is 6.70. The number of sulfonamides is 1. The van der Waals surface area contributed by atoms with Gasteiger partial charge in [0.05, 0.1) is 12.2 Å². The molecule has 0 aliphatic heterocycles. The summed E-state index contributed by atoms with van der Waals surface area (Å²) >= 11 is 0. The van der Waals surface area contributed by atoms with E-state index in [1.165, 1.54) is 24.7 Å². The van der Waals surface area contributed by atoms with Crippen LogP contribution in [0.15, 0.2) is 41.7 Å². The second-order valence-electron chi connectivity index (χ2n) is 4.32. The summed E-state index contributed by atoms with van der Waals surface area (Å²) in [7, 11) is -2.22. The average Bonchev–Trinajstić information content (AvgIpc) is 2.48. The fourth-order valence-electron chi connectivity index (χ4n) is 1.74.